The van der Waals surface area contributed by atoms with E-state index in [1.54, 1.807) is 41.5 Å². The van der Waals surface area contributed by atoms with Gasteiger partial charge < -0.3 is 19.7 Å². The quantitative estimate of drug-likeness (QED) is 0.162. The number of hydrogen-bond donors (Lipinski definition) is 1. The van der Waals surface area contributed by atoms with Crippen molar-refractivity contribution >= 4 is 53.6 Å². The number of esters is 2. The Morgan fingerprint density at radius 3 is 2.17 bits per heavy atom. The standard InChI is InChI=1S/C33H43F2N2O8PS/c1-31(2,3)29(40)42-17-44-46(45-18-43-30(41)32(4,5)6)33(34,35)22-9-10-25-21(13-22)16-26(47-25)27(38)36-24-15-20-12-19(20)14-23-8-7-11-37(23)28(24)39/h9-10,13,16,19-20,23-24H,7-8,11-12,14-15,17-18H2,1-6H3,(H,36,38)/t19-,20+,23+,24-/m0/s1. The van der Waals surface area contributed by atoms with Crippen LogP contribution < -0.4 is 5.32 Å². The number of ether oxygens (including phenoxy) is 2. The number of nitrogens with zero attached hydrogens (tertiary/aromatic N) is 1. The van der Waals surface area contributed by atoms with Gasteiger partial charge in [-0.3, -0.25) is 28.2 Å². The number of halogens is 2. The maximum absolute atomic E-state index is 16.0. The lowest BCUT2D eigenvalue weighted by molar-refractivity contribution is -0.162. The molecule has 14 heteroatoms. The highest BCUT2D eigenvalue weighted by Crippen LogP contribution is 2.60. The predicted octanol–water partition coefficient (Wildman–Crippen LogP) is 6.91. The molecule has 1 aromatic heterocycles. The molecule has 3 aliphatic rings. The number of nitrogens with one attached hydrogen (secondary N) is 1. The zero-order valence-electron chi connectivity index (χ0n) is 27.6. The van der Waals surface area contributed by atoms with Gasteiger partial charge in [0.15, 0.2) is 13.6 Å². The minimum atomic E-state index is -3.73. The van der Waals surface area contributed by atoms with Crippen LogP contribution in [0.5, 0.6) is 0 Å². The van der Waals surface area contributed by atoms with Gasteiger partial charge >= 0.3 is 17.6 Å². The highest BCUT2D eigenvalue weighted by molar-refractivity contribution is 7.48. The summed E-state index contributed by atoms with van der Waals surface area (Å²) < 4.78 is 53.2. The van der Waals surface area contributed by atoms with Gasteiger partial charge in [0.25, 0.3) is 14.3 Å². The number of thiophene rings is 1. The molecule has 1 aromatic carbocycles. The maximum Gasteiger partial charge on any atom is 0.340 e. The first kappa shape index (κ1) is 35.6. The number of alkyl halides is 2. The first-order valence-corrected chi connectivity index (χ1v) is 17.9. The van der Waals surface area contributed by atoms with Crippen LogP contribution in [0.25, 0.3) is 10.1 Å². The van der Waals surface area contributed by atoms with Gasteiger partial charge in [0.2, 0.25) is 5.91 Å². The number of benzene rings is 1. The first-order valence-electron chi connectivity index (χ1n) is 15.9. The highest BCUT2D eigenvalue weighted by atomic mass is 32.1. The van der Waals surface area contributed by atoms with Gasteiger partial charge in [0.1, 0.15) is 6.04 Å². The molecule has 3 fully saturated rings. The van der Waals surface area contributed by atoms with E-state index in [1.807, 2.05) is 4.90 Å². The average molecular weight is 697 g/mol. The van der Waals surface area contributed by atoms with E-state index in [2.05, 4.69) is 5.32 Å². The summed E-state index contributed by atoms with van der Waals surface area (Å²) in [6.07, 6.45) is 4.71. The molecule has 0 unspecified atom stereocenters. The van der Waals surface area contributed by atoms with Gasteiger partial charge in [-0.05, 0) is 109 Å². The molecule has 0 bridgehead atoms. The molecule has 2 aliphatic heterocycles. The molecule has 2 saturated heterocycles. The molecule has 1 saturated carbocycles. The first-order chi connectivity index (χ1) is 21.9. The van der Waals surface area contributed by atoms with Crippen molar-refractivity contribution in [3.05, 3.63) is 34.7 Å². The fourth-order valence-electron chi connectivity index (χ4n) is 5.90. The van der Waals surface area contributed by atoms with Gasteiger partial charge in [-0.1, -0.05) is 6.07 Å². The van der Waals surface area contributed by atoms with Crippen LogP contribution in [0.3, 0.4) is 0 Å². The van der Waals surface area contributed by atoms with Crippen LogP contribution in [-0.4, -0.2) is 60.9 Å². The maximum atomic E-state index is 16.0. The Bertz CT molecular complexity index is 1490. The van der Waals surface area contributed by atoms with E-state index in [4.69, 9.17) is 18.5 Å². The van der Waals surface area contributed by atoms with Crippen molar-refractivity contribution in [1.29, 1.82) is 0 Å². The molecule has 4 atom stereocenters. The molecular formula is C33H43F2N2O8PS. The number of rotatable bonds is 10. The fraction of sp³-hybridized carbons (Fsp3) is 0.636. The van der Waals surface area contributed by atoms with Crippen molar-refractivity contribution in [1.82, 2.24) is 10.2 Å². The zero-order chi connectivity index (χ0) is 34.3. The van der Waals surface area contributed by atoms with Gasteiger partial charge in [-0.25, -0.2) is 0 Å². The lowest BCUT2D eigenvalue weighted by Gasteiger charge is -2.31. The van der Waals surface area contributed by atoms with Crippen LogP contribution >= 0.6 is 19.7 Å². The van der Waals surface area contributed by atoms with Crippen LogP contribution in [0.1, 0.15) is 88.9 Å². The molecule has 3 heterocycles. The Labute approximate surface area is 278 Å². The summed E-state index contributed by atoms with van der Waals surface area (Å²) in [5, 5.41) is 3.34. The normalized spacial score (nSPS) is 23.2. The third-order valence-corrected chi connectivity index (χ3v) is 11.2. The summed E-state index contributed by atoms with van der Waals surface area (Å²) in [7, 11) is -3.11. The van der Waals surface area contributed by atoms with E-state index in [9.17, 15) is 19.2 Å². The predicted molar refractivity (Wildman–Crippen MR) is 172 cm³/mol. The SMILES string of the molecule is CC(C)(C)C(=O)OCOP(OCOC(=O)C(C)(C)C)C(F)(F)c1ccc2sc(C(=O)N[C@H]3C[C@H]4C[C@H]4C[C@H]4CCCN4C3=O)cc2c1. The Hall–Kier alpha value is -2.73. The molecule has 47 heavy (non-hydrogen) atoms. The Kier molecular flexibility index (Phi) is 10.3. The Morgan fingerprint density at radius 1 is 0.936 bits per heavy atom. The monoisotopic (exact) mass is 696 g/mol. The molecule has 0 spiro atoms. The van der Waals surface area contributed by atoms with Crippen LogP contribution in [-0.2, 0) is 38.6 Å². The minimum absolute atomic E-state index is 0.0380. The van der Waals surface area contributed by atoms with Crippen LogP contribution in [0.4, 0.5) is 8.78 Å². The van der Waals surface area contributed by atoms with E-state index < -0.39 is 67.9 Å². The summed E-state index contributed by atoms with van der Waals surface area (Å²) in [6, 6.07) is 5.11. The molecule has 1 aliphatic carbocycles. The molecule has 5 rings (SSSR count). The van der Waals surface area contributed by atoms with Gasteiger partial charge in [0, 0.05) is 22.8 Å². The van der Waals surface area contributed by atoms with Crippen LogP contribution in [0.2, 0.25) is 0 Å². The molecule has 2 aromatic rings. The van der Waals surface area contributed by atoms with Crippen molar-refractivity contribution in [2.45, 2.75) is 91.4 Å². The van der Waals surface area contributed by atoms with Crippen molar-refractivity contribution in [2.75, 3.05) is 20.1 Å². The molecular weight excluding hydrogens is 653 g/mol. The topological polar surface area (TPSA) is 120 Å². The van der Waals surface area contributed by atoms with Crippen LogP contribution in [0.15, 0.2) is 24.3 Å². The van der Waals surface area contributed by atoms with Crippen molar-refractivity contribution in [2.24, 2.45) is 22.7 Å². The van der Waals surface area contributed by atoms with Crippen molar-refractivity contribution in [3.8, 4) is 0 Å². The lowest BCUT2D eigenvalue weighted by atomic mass is 9.98. The fourth-order valence-corrected chi connectivity index (χ4v) is 7.89. The third kappa shape index (κ3) is 8.29. The number of carbonyl (C=O) groups excluding carboxylic acids is 4. The van der Waals surface area contributed by atoms with Crippen molar-refractivity contribution in [3.63, 3.8) is 0 Å². The summed E-state index contributed by atoms with van der Waals surface area (Å²) >= 11 is 1.15. The number of amides is 2. The van der Waals surface area contributed by atoms with Gasteiger partial charge in [0.05, 0.1) is 15.7 Å². The second kappa shape index (κ2) is 13.6. The summed E-state index contributed by atoms with van der Waals surface area (Å²) in [6.45, 7) is 8.79. The van der Waals surface area contributed by atoms with Crippen molar-refractivity contribution < 1.29 is 46.5 Å². The van der Waals surface area contributed by atoms with E-state index >= 15 is 8.78 Å². The largest absolute Gasteiger partial charge is 0.438 e. The number of carbonyl (C=O) groups is 4. The van der Waals surface area contributed by atoms with Gasteiger partial charge in [-0.15, -0.1) is 11.3 Å². The van der Waals surface area contributed by atoms with E-state index in [-0.39, 0.29) is 11.9 Å². The second-order valence-electron chi connectivity index (χ2n) is 14.6. The highest BCUT2D eigenvalue weighted by Gasteiger charge is 2.48. The summed E-state index contributed by atoms with van der Waals surface area (Å²) in [4.78, 5) is 53.3. The van der Waals surface area contributed by atoms with Gasteiger partial charge in [-0.2, -0.15) is 8.78 Å². The minimum Gasteiger partial charge on any atom is -0.438 e. The third-order valence-electron chi connectivity index (χ3n) is 8.71. The lowest BCUT2D eigenvalue weighted by Crippen LogP contribution is -2.51. The van der Waals surface area contributed by atoms with Crippen LogP contribution in [0, 0.1) is 22.7 Å². The smallest absolute Gasteiger partial charge is 0.340 e. The molecule has 2 amide bonds. The molecule has 1 N–H and O–H groups in total. The Morgan fingerprint density at radius 2 is 1.55 bits per heavy atom. The second-order valence-corrected chi connectivity index (χ2v) is 17.3. The van der Waals surface area contributed by atoms with E-state index in [1.165, 1.54) is 24.3 Å². The van der Waals surface area contributed by atoms with E-state index in [0.29, 0.717) is 39.8 Å². The zero-order valence-corrected chi connectivity index (χ0v) is 29.3. The number of fused-ring (bicyclic) bond motifs is 3. The molecule has 10 nitrogen and oxygen atoms in total. The van der Waals surface area contributed by atoms with E-state index in [0.717, 1.165) is 37.0 Å². The Balaban J connectivity index is 1.30. The average Bonchev–Trinajstić information content (AvgIpc) is 3.34. The molecule has 258 valence electrons. The number of hydrogen-bond acceptors (Lipinski definition) is 9. The summed E-state index contributed by atoms with van der Waals surface area (Å²) in [5.41, 5.74) is -5.95. The molecule has 0 radical (unpaired) electrons. The summed E-state index contributed by atoms with van der Waals surface area (Å²) in [5.74, 6) is -0.720.